The van der Waals surface area contributed by atoms with Crippen molar-refractivity contribution in [1.82, 2.24) is 5.48 Å². The molecule has 0 unspecified atom stereocenters. The van der Waals surface area contributed by atoms with Crippen LogP contribution in [0.25, 0.3) is 0 Å². The number of hydrogen-bond acceptors (Lipinski definition) is 2. The normalized spacial score (nSPS) is 10.5. The highest BCUT2D eigenvalue weighted by molar-refractivity contribution is 6.32. The standard InChI is InChI=1S/C10H14ClNO/c1-6-4-7(2)10(11)8(3)9(6)5-12-13/h4,12-13H,5H2,1-3H3. The van der Waals surface area contributed by atoms with E-state index >= 15 is 0 Å². The van der Waals surface area contributed by atoms with Crippen molar-refractivity contribution in [2.24, 2.45) is 0 Å². The van der Waals surface area contributed by atoms with Gasteiger partial charge in [-0.15, -0.1) is 0 Å². The van der Waals surface area contributed by atoms with Crippen LogP contribution in [0.4, 0.5) is 0 Å². The van der Waals surface area contributed by atoms with Gasteiger partial charge in [0.25, 0.3) is 0 Å². The maximum absolute atomic E-state index is 8.64. The molecule has 0 aliphatic heterocycles. The molecule has 1 aromatic carbocycles. The van der Waals surface area contributed by atoms with Crippen molar-refractivity contribution < 1.29 is 5.21 Å². The number of nitrogens with one attached hydrogen (secondary N) is 1. The molecule has 0 heterocycles. The first-order valence-corrected chi connectivity index (χ1v) is 4.58. The molecule has 13 heavy (non-hydrogen) atoms. The molecule has 2 N–H and O–H groups in total. The Bertz CT molecular complexity index is 323. The monoisotopic (exact) mass is 199 g/mol. The van der Waals surface area contributed by atoms with Crippen LogP contribution < -0.4 is 5.48 Å². The number of hydrogen-bond donors (Lipinski definition) is 2. The molecule has 0 saturated carbocycles. The highest BCUT2D eigenvalue weighted by atomic mass is 35.5. The first-order valence-electron chi connectivity index (χ1n) is 4.20. The molecule has 0 amide bonds. The Hall–Kier alpha value is -0.570. The van der Waals surface area contributed by atoms with E-state index in [4.69, 9.17) is 16.8 Å². The van der Waals surface area contributed by atoms with Crippen LogP contribution in [0.3, 0.4) is 0 Å². The van der Waals surface area contributed by atoms with E-state index in [2.05, 4.69) is 5.48 Å². The first kappa shape index (κ1) is 10.5. The van der Waals surface area contributed by atoms with E-state index in [9.17, 15) is 0 Å². The Kier molecular flexibility index (Phi) is 3.31. The predicted octanol–water partition coefficient (Wildman–Crippen LogP) is 2.74. The first-order chi connectivity index (χ1) is 6.07. The molecule has 0 atom stereocenters. The molecule has 0 aromatic heterocycles. The molecule has 0 radical (unpaired) electrons. The van der Waals surface area contributed by atoms with Crippen LogP contribution >= 0.6 is 11.6 Å². The van der Waals surface area contributed by atoms with E-state index in [1.165, 1.54) is 0 Å². The Balaban J connectivity index is 3.26. The van der Waals surface area contributed by atoms with Crippen LogP contribution in [0.1, 0.15) is 22.3 Å². The van der Waals surface area contributed by atoms with Gasteiger partial charge >= 0.3 is 0 Å². The van der Waals surface area contributed by atoms with Gasteiger partial charge in [0.05, 0.1) is 0 Å². The fourth-order valence-corrected chi connectivity index (χ4v) is 1.72. The van der Waals surface area contributed by atoms with Crippen molar-refractivity contribution >= 4 is 11.6 Å². The van der Waals surface area contributed by atoms with E-state index in [1.54, 1.807) is 0 Å². The number of aryl methyl sites for hydroxylation is 2. The average Bonchev–Trinajstić information content (AvgIpc) is 2.09. The van der Waals surface area contributed by atoms with Gasteiger partial charge in [-0.2, -0.15) is 0 Å². The Morgan fingerprint density at radius 1 is 1.31 bits per heavy atom. The molecule has 0 aliphatic rings. The quantitative estimate of drug-likeness (QED) is 0.718. The van der Waals surface area contributed by atoms with Crippen LogP contribution in [0.2, 0.25) is 5.02 Å². The highest BCUT2D eigenvalue weighted by Gasteiger charge is 2.08. The largest absolute Gasteiger partial charge is 0.316 e. The summed E-state index contributed by atoms with van der Waals surface area (Å²) in [4.78, 5) is 0. The van der Waals surface area contributed by atoms with Crippen LogP contribution in [-0.4, -0.2) is 5.21 Å². The molecule has 0 spiro atoms. The van der Waals surface area contributed by atoms with Crippen LogP contribution in [0.15, 0.2) is 6.07 Å². The second-order valence-electron chi connectivity index (χ2n) is 3.26. The molecule has 3 heteroatoms. The van der Waals surface area contributed by atoms with Gasteiger partial charge < -0.3 is 5.21 Å². The maximum Gasteiger partial charge on any atom is 0.0467 e. The summed E-state index contributed by atoms with van der Waals surface area (Å²) >= 11 is 6.08. The smallest absolute Gasteiger partial charge is 0.0467 e. The minimum atomic E-state index is 0.442. The van der Waals surface area contributed by atoms with E-state index in [0.29, 0.717) is 6.54 Å². The van der Waals surface area contributed by atoms with Crippen LogP contribution in [-0.2, 0) is 6.54 Å². The molecular formula is C10H14ClNO. The topological polar surface area (TPSA) is 32.3 Å². The van der Waals surface area contributed by atoms with Crippen molar-refractivity contribution in [3.05, 3.63) is 33.3 Å². The van der Waals surface area contributed by atoms with Gasteiger partial charge in [0.2, 0.25) is 0 Å². The lowest BCUT2D eigenvalue weighted by molar-refractivity contribution is 0.161. The summed E-state index contributed by atoms with van der Waals surface area (Å²) in [5.41, 5.74) is 6.50. The van der Waals surface area contributed by atoms with Crippen molar-refractivity contribution in [2.75, 3.05) is 0 Å². The second-order valence-corrected chi connectivity index (χ2v) is 3.64. The third kappa shape index (κ3) is 2.02. The summed E-state index contributed by atoms with van der Waals surface area (Å²) in [6.07, 6.45) is 0. The molecule has 0 saturated heterocycles. The van der Waals surface area contributed by atoms with E-state index in [1.807, 2.05) is 26.8 Å². The van der Waals surface area contributed by atoms with Crippen LogP contribution in [0, 0.1) is 20.8 Å². The summed E-state index contributed by atoms with van der Waals surface area (Å²) in [5, 5.41) is 9.42. The summed E-state index contributed by atoms with van der Waals surface area (Å²) in [7, 11) is 0. The maximum atomic E-state index is 8.64. The Morgan fingerprint density at radius 3 is 2.46 bits per heavy atom. The summed E-state index contributed by atoms with van der Waals surface area (Å²) in [5.74, 6) is 0. The van der Waals surface area contributed by atoms with Crippen molar-refractivity contribution in [1.29, 1.82) is 0 Å². The van der Waals surface area contributed by atoms with E-state index in [-0.39, 0.29) is 0 Å². The van der Waals surface area contributed by atoms with Crippen molar-refractivity contribution in [3.8, 4) is 0 Å². The van der Waals surface area contributed by atoms with Crippen LogP contribution in [0.5, 0.6) is 0 Å². The molecule has 0 fully saturated rings. The third-order valence-electron chi connectivity index (χ3n) is 2.29. The average molecular weight is 200 g/mol. The lowest BCUT2D eigenvalue weighted by Crippen LogP contribution is -2.09. The summed E-state index contributed by atoms with van der Waals surface area (Å²) in [6, 6.07) is 2.03. The van der Waals surface area contributed by atoms with Gasteiger partial charge in [-0.05, 0) is 43.0 Å². The highest BCUT2D eigenvalue weighted by Crippen LogP contribution is 2.26. The van der Waals surface area contributed by atoms with Crippen molar-refractivity contribution in [3.63, 3.8) is 0 Å². The minimum Gasteiger partial charge on any atom is -0.316 e. The van der Waals surface area contributed by atoms with Gasteiger partial charge in [-0.1, -0.05) is 17.7 Å². The summed E-state index contributed by atoms with van der Waals surface area (Å²) < 4.78 is 0. The van der Waals surface area contributed by atoms with Gasteiger partial charge in [-0.25, -0.2) is 5.48 Å². The SMILES string of the molecule is Cc1cc(C)c(CNO)c(C)c1Cl. The van der Waals surface area contributed by atoms with E-state index < -0.39 is 0 Å². The molecule has 0 aliphatic carbocycles. The third-order valence-corrected chi connectivity index (χ3v) is 2.87. The zero-order valence-electron chi connectivity index (χ0n) is 8.11. The van der Waals surface area contributed by atoms with Gasteiger partial charge in [0.1, 0.15) is 0 Å². The van der Waals surface area contributed by atoms with E-state index in [0.717, 1.165) is 27.3 Å². The number of benzene rings is 1. The zero-order chi connectivity index (χ0) is 10.0. The zero-order valence-corrected chi connectivity index (χ0v) is 8.87. The minimum absolute atomic E-state index is 0.442. The van der Waals surface area contributed by atoms with Gasteiger partial charge in [0.15, 0.2) is 0 Å². The van der Waals surface area contributed by atoms with Gasteiger partial charge in [-0.3, -0.25) is 0 Å². The molecule has 0 bridgehead atoms. The lowest BCUT2D eigenvalue weighted by atomic mass is 10.00. The number of rotatable bonds is 2. The summed E-state index contributed by atoms with van der Waals surface area (Å²) in [6.45, 7) is 6.41. The number of hydroxylamine groups is 1. The predicted molar refractivity (Wildman–Crippen MR) is 54.3 cm³/mol. The molecule has 1 rings (SSSR count). The molecular weight excluding hydrogens is 186 g/mol. The van der Waals surface area contributed by atoms with Gasteiger partial charge in [0, 0.05) is 11.6 Å². The molecule has 2 nitrogen and oxygen atoms in total. The Labute approximate surface area is 83.5 Å². The fourth-order valence-electron chi connectivity index (χ4n) is 1.55. The van der Waals surface area contributed by atoms with Crippen molar-refractivity contribution in [2.45, 2.75) is 27.3 Å². The Morgan fingerprint density at radius 2 is 1.92 bits per heavy atom. The second kappa shape index (κ2) is 4.09. The fraction of sp³-hybridized carbons (Fsp3) is 0.400. The molecule has 1 aromatic rings. The molecule has 72 valence electrons. The number of halogens is 1. The lowest BCUT2D eigenvalue weighted by Gasteiger charge is -2.12.